The zero-order valence-electron chi connectivity index (χ0n) is 18.6. The summed E-state index contributed by atoms with van der Waals surface area (Å²) in [6.07, 6.45) is 1.42. The second kappa shape index (κ2) is 8.90. The number of Topliss-reactive ketones (excluding diaryl/α,β-unsaturated/α-hetero) is 1. The van der Waals surface area contributed by atoms with Gasteiger partial charge in [-0.05, 0) is 31.0 Å². The van der Waals surface area contributed by atoms with Crippen LogP contribution in [0, 0.1) is 0 Å². The number of ketones is 1. The number of amides is 1. The number of para-hydroxylation sites is 3. The molecule has 32 heavy (non-hydrogen) atoms. The Morgan fingerprint density at radius 2 is 1.97 bits per heavy atom. The van der Waals surface area contributed by atoms with Crippen molar-refractivity contribution in [1.82, 2.24) is 15.3 Å². The van der Waals surface area contributed by atoms with E-state index in [1.54, 1.807) is 27.2 Å². The predicted octanol–water partition coefficient (Wildman–Crippen LogP) is 3.21. The lowest BCUT2D eigenvalue weighted by Crippen LogP contribution is -2.61. The van der Waals surface area contributed by atoms with Crippen LogP contribution >= 0.6 is 0 Å². The Morgan fingerprint density at radius 1 is 1.16 bits per heavy atom. The number of aromatic nitrogens is 2. The number of hydrogen-bond donors (Lipinski definition) is 2. The molecule has 8 heteroatoms. The van der Waals surface area contributed by atoms with E-state index in [0.29, 0.717) is 30.4 Å². The maximum Gasteiger partial charge on any atom is 0.254 e. The van der Waals surface area contributed by atoms with E-state index >= 15 is 0 Å². The van der Waals surface area contributed by atoms with Gasteiger partial charge in [0.1, 0.15) is 0 Å². The van der Waals surface area contributed by atoms with E-state index in [1.807, 2.05) is 41.3 Å². The number of ether oxygens (including phenoxy) is 2. The van der Waals surface area contributed by atoms with Gasteiger partial charge in [0.05, 0.1) is 25.3 Å². The lowest BCUT2D eigenvalue weighted by atomic mass is 9.88. The quantitative estimate of drug-likeness (QED) is 0.527. The number of hydrogen-bond acceptors (Lipinski definition) is 6. The summed E-state index contributed by atoms with van der Waals surface area (Å²) < 4.78 is 10.8. The van der Waals surface area contributed by atoms with Gasteiger partial charge < -0.3 is 24.7 Å². The standard InChI is InChI=1S/C24H28N4O4/c1-4-20(29)24(22(30)25-15-16-9-7-12-19(31-2)21(16)32-3)13-8-14-28(24)23-26-17-10-5-6-11-18(17)27-23/h5-7,9-12H,4,8,13-15H2,1-3H3,(H,25,30)(H,26,27)/t24-/m1/s1. The van der Waals surface area contributed by atoms with Crippen molar-refractivity contribution >= 4 is 28.7 Å². The van der Waals surface area contributed by atoms with Crippen molar-refractivity contribution in [3.05, 3.63) is 48.0 Å². The third kappa shape index (κ3) is 3.55. The third-order valence-electron chi connectivity index (χ3n) is 6.10. The normalized spacial score (nSPS) is 18.0. The van der Waals surface area contributed by atoms with Crippen LogP contribution in [-0.2, 0) is 16.1 Å². The first-order valence-corrected chi connectivity index (χ1v) is 10.8. The zero-order chi connectivity index (χ0) is 22.7. The molecule has 0 unspecified atom stereocenters. The van der Waals surface area contributed by atoms with E-state index in [1.165, 1.54) is 0 Å². The molecular weight excluding hydrogens is 408 g/mol. The summed E-state index contributed by atoms with van der Waals surface area (Å²) >= 11 is 0. The Balaban J connectivity index is 1.65. The Labute approximate surface area is 186 Å². The number of aromatic amines is 1. The molecule has 1 atom stereocenters. The van der Waals surface area contributed by atoms with Gasteiger partial charge in [0.2, 0.25) is 5.95 Å². The second-order valence-corrected chi connectivity index (χ2v) is 7.81. The second-order valence-electron chi connectivity index (χ2n) is 7.81. The molecule has 0 bridgehead atoms. The predicted molar refractivity (Wildman–Crippen MR) is 122 cm³/mol. The van der Waals surface area contributed by atoms with Gasteiger partial charge in [-0.25, -0.2) is 4.98 Å². The molecule has 1 amide bonds. The summed E-state index contributed by atoms with van der Waals surface area (Å²) in [5.41, 5.74) is 1.14. The van der Waals surface area contributed by atoms with E-state index in [2.05, 4.69) is 15.3 Å². The van der Waals surface area contributed by atoms with E-state index in [9.17, 15) is 9.59 Å². The summed E-state index contributed by atoms with van der Waals surface area (Å²) in [7, 11) is 3.13. The molecule has 0 saturated carbocycles. The van der Waals surface area contributed by atoms with Crippen molar-refractivity contribution in [1.29, 1.82) is 0 Å². The first-order valence-electron chi connectivity index (χ1n) is 10.8. The van der Waals surface area contributed by atoms with E-state index in [-0.39, 0.29) is 24.7 Å². The van der Waals surface area contributed by atoms with Crippen molar-refractivity contribution in [3.63, 3.8) is 0 Å². The molecule has 3 aromatic rings. The fourth-order valence-electron chi connectivity index (χ4n) is 4.53. The molecule has 4 rings (SSSR count). The van der Waals surface area contributed by atoms with Crippen LogP contribution < -0.4 is 19.7 Å². The Bertz CT molecular complexity index is 1110. The smallest absolute Gasteiger partial charge is 0.254 e. The molecule has 2 aromatic carbocycles. The number of fused-ring (bicyclic) bond motifs is 1. The van der Waals surface area contributed by atoms with Crippen LogP contribution in [0.4, 0.5) is 5.95 Å². The fourth-order valence-corrected chi connectivity index (χ4v) is 4.53. The molecule has 168 valence electrons. The van der Waals surface area contributed by atoms with Crippen molar-refractivity contribution < 1.29 is 19.1 Å². The van der Waals surface area contributed by atoms with Gasteiger partial charge in [0.25, 0.3) is 5.91 Å². The minimum Gasteiger partial charge on any atom is -0.493 e. The number of rotatable bonds is 8. The van der Waals surface area contributed by atoms with Crippen molar-refractivity contribution in [2.24, 2.45) is 0 Å². The van der Waals surface area contributed by atoms with Crippen LogP contribution in [0.2, 0.25) is 0 Å². The highest BCUT2D eigenvalue weighted by molar-refractivity contribution is 6.14. The number of carbonyl (C=O) groups excluding carboxylic acids is 2. The van der Waals surface area contributed by atoms with Crippen LogP contribution in [0.1, 0.15) is 31.7 Å². The number of benzene rings is 2. The van der Waals surface area contributed by atoms with Gasteiger partial charge in [0, 0.05) is 25.1 Å². The summed E-state index contributed by atoms with van der Waals surface area (Å²) in [6, 6.07) is 13.2. The van der Waals surface area contributed by atoms with Gasteiger partial charge in [-0.3, -0.25) is 9.59 Å². The molecule has 0 aliphatic carbocycles. The number of nitrogens with one attached hydrogen (secondary N) is 2. The molecular formula is C24H28N4O4. The van der Waals surface area contributed by atoms with Crippen LogP contribution in [-0.4, -0.2) is 48.0 Å². The summed E-state index contributed by atoms with van der Waals surface area (Å²) in [4.78, 5) is 36.6. The number of anilines is 1. The highest BCUT2D eigenvalue weighted by Gasteiger charge is 2.53. The van der Waals surface area contributed by atoms with Crippen LogP contribution in [0.5, 0.6) is 11.5 Å². The summed E-state index contributed by atoms with van der Waals surface area (Å²) in [6.45, 7) is 2.57. The zero-order valence-corrected chi connectivity index (χ0v) is 18.6. The number of nitrogens with zero attached hydrogens (tertiary/aromatic N) is 2. The lowest BCUT2D eigenvalue weighted by molar-refractivity contribution is -0.135. The van der Waals surface area contributed by atoms with Gasteiger partial charge in [-0.15, -0.1) is 0 Å². The number of imidazole rings is 1. The highest BCUT2D eigenvalue weighted by Crippen LogP contribution is 2.36. The van der Waals surface area contributed by atoms with Gasteiger partial charge >= 0.3 is 0 Å². The van der Waals surface area contributed by atoms with Gasteiger partial charge in [0.15, 0.2) is 22.8 Å². The number of methoxy groups -OCH3 is 2. The molecule has 2 N–H and O–H groups in total. The molecule has 1 fully saturated rings. The average molecular weight is 437 g/mol. The summed E-state index contributed by atoms with van der Waals surface area (Å²) in [5, 5.41) is 2.98. The van der Waals surface area contributed by atoms with Crippen LogP contribution in [0.3, 0.4) is 0 Å². The monoisotopic (exact) mass is 436 g/mol. The molecule has 2 heterocycles. The number of H-pyrrole nitrogens is 1. The Hall–Kier alpha value is -3.55. The summed E-state index contributed by atoms with van der Waals surface area (Å²) in [5.74, 6) is 1.24. The first kappa shape index (κ1) is 21.7. The van der Waals surface area contributed by atoms with Crippen molar-refractivity contribution in [3.8, 4) is 11.5 Å². The van der Waals surface area contributed by atoms with E-state index in [4.69, 9.17) is 9.47 Å². The SMILES string of the molecule is CCC(=O)[C@@]1(C(=O)NCc2cccc(OC)c2OC)CCCN1c1nc2ccccc2[nH]1. The maximum atomic E-state index is 13.6. The topological polar surface area (TPSA) is 96.6 Å². The lowest BCUT2D eigenvalue weighted by Gasteiger charge is -2.35. The Morgan fingerprint density at radius 3 is 2.69 bits per heavy atom. The van der Waals surface area contributed by atoms with Crippen molar-refractivity contribution in [2.45, 2.75) is 38.3 Å². The largest absolute Gasteiger partial charge is 0.493 e. The molecule has 1 aromatic heterocycles. The first-order chi connectivity index (χ1) is 15.5. The minimum atomic E-state index is -1.30. The molecule has 0 spiro atoms. The van der Waals surface area contributed by atoms with Crippen LogP contribution in [0.25, 0.3) is 11.0 Å². The minimum absolute atomic E-state index is 0.120. The fraction of sp³-hybridized carbons (Fsp3) is 0.375. The van der Waals surface area contributed by atoms with Crippen LogP contribution in [0.15, 0.2) is 42.5 Å². The molecule has 1 aliphatic rings. The highest BCUT2D eigenvalue weighted by atomic mass is 16.5. The molecule has 0 radical (unpaired) electrons. The third-order valence-corrected chi connectivity index (χ3v) is 6.10. The molecule has 8 nitrogen and oxygen atoms in total. The van der Waals surface area contributed by atoms with E-state index < -0.39 is 5.54 Å². The van der Waals surface area contributed by atoms with E-state index in [0.717, 1.165) is 23.0 Å². The maximum absolute atomic E-state index is 13.6. The molecule has 1 saturated heterocycles. The van der Waals surface area contributed by atoms with Gasteiger partial charge in [-0.2, -0.15) is 0 Å². The average Bonchev–Trinajstić information content (AvgIpc) is 3.46. The number of carbonyl (C=O) groups is 2. The van der Waals surface area contributed by atoms with Gasteiger partial charge in [-0.1, -0.05) is 31.2 Å². The van der Waals surface area contributed by atoms with Crippen molar-refractivity contribution in [2.75, 3.05) is 25.7 Å². The molecule has 1 aliphatic heterocycles. The Kier molecular flexibility index (Phi) is 6.03.